The summed E-state index contributed by atoms with van der Waals surface area (Å²) < 4.78 is 5.70. The van der Waals surface area contributed by atoms with Gasteiger partial charge in [-0.25, -0.2) is 0 Å². The fourth-order valence-corrected chi connectivity index (χ4v) is 2.21. The summed E-state index contributed by atoms with van der Waals surface area (Å²) in [5.74, 6) is 1.01. The molecule has 0 bridgehead atoms. The number of rotatable bonds is 8. The molecular weight excluding hydrogens is 260 g/mol. The zero-order valence-corrected chi connectivity index (χ0v) is 12.5. The second kappa shape index (κ2) is 8.25. The van der Waals surface area contributed by atoms with Crippen LogP contribution in [0.15, 0.2) is 54.6 Å². The van der Waals surface area contributed by atoms with Crippen LogP contribution >= 0.6 is 0 Å². The lowest BCUT2D eigenvalue weighted by Gasteiger charge is -2.07. The molecule has 0 spiro atoms. The van der Waals surface area contributed by atoms with E-state index in [2.05, 4.69) is 24.3 Å². The highest BCUT2D eigenvalue weighted by Gasteiger charge is 2.02. The molecule has 0 saturated heterocycles. The molecule has 0 aliphatic carbocycles. The van der Waals surface area contributed by atoms with E-state index < -0.39 is 0 Å². The Balaban J connectivity index is 1.68. The topological polar surface area (TPSA) is 26.3 Å². The highest BCUT2D eigenvalue weighted by molar-refractivity contribution is 5.95. The molecule has 0 aliphatic heterocycles. The van der Waals surface area contributed by atoms with E-state index in [0.29, 0.717) is 13.0 Å². The summed E-state index contributed by atoms with van der Waals surface area (Å²) in [6.45, 7) is 2.59. The average Bonchev–Trinajstić information content (AvgIpc) is 2.55. The van der Waals surface area contributed by atoms with Crippen molar-refractivity contribution in [3.8, 4) is 5.75 Å². The number of unbranched alkanes of at least 4 members (excludes halogenated alkanes) is 1. The first-order valence-corrected chi connectivity index (χ1v) is 7.59. The maximum absolute atomic E-state index is 11.5. The van der Waals surface area contributed by atoms with E-state index in [9.17, 15) is 4.79 Å². The first-order valence-electron chi connectivity index (χ1n) is 7.59. The largest absolute Gasteiger partial charge is 0.494 e. The molecule has 0 amide bonds. The van der Waals surface area contributed by atoms with Crippen molar-refractivity contribution < 1.29 is 9.53 Å². The zero-order valence-electron chi connectivity index (χ0n) is 12.5. The smallest absolute Gasteiger partial charge is 0.162 e. The molecule has 0 N–H and O–H groups in total. The molecule has 0 unspecified atom stereocenters. The summed E-state index contributed by atoms with van der Waals surface area (Å²) in [6.07, 6.45) is 3.79. The summed E-state index contributed by atoms with van der Waals surface area (Å²) in [6, 6.07) is 17.9. The maximum Gasteiger partial charge on any atom is 0.162 e. The van der Waals surface area contributed by atoms with Crippen molar-refractivity contribution in [1.29, 1.82) is 0 Å². The van der Waals surface area contributed by atoms with Crippen LogP contribution in [0.25, 0.3) is 0 Å². The standard InChI is InChI=1S/C19H22O2/c1-2-19(20)17-11-13-18(14-12-17)21-15-7-6-10-16-8-4-3-5-9-16/h3-5,8-9,11-14H,2,6-7,10,15H2,1H3. The molecule has 21 heavy (non-hydrogen) atoms. The third-order valence-corrected chi connectivity index (χ3v) is 3.47. The van der Waals surface area contributed by atoms with Crippen LogP contribution < -0.4 is 4.74 Å². The number of ether oxygens (including phenoxy) is 1. The molecule has 0 aliphatic rings. The lowest BCUT2D eigenvalue weighted by molar-refractivity contribution is 0.0988. The predicted molar refractivity (Wildman–Crippen MR) is 85.9 cm³/mol. The minimum absolute atomic E-state index is 0.171. The number of carbonyl (C=O) groups is 1. The molecule has 0 radical (unpaired) electrons. The SMILES string of the molecule is CCC(=O)c1ccc(OCCCCc2ccccc2)cc1. The van der Waals surface area contributed by atoms with Gasteiger partial charge in [0.25, 0.3) is 0 Å². The van der Waals surface area contributed by atoms with E-state index in [0.717, 1.165) is 30.6 Å². The molecule has 0 fully saturated rings. The van der Waals surface area contributed by atoms with Crippen LogP contribution in [-0.2, 0) is 6.42 Å². The van der Waals surface area contributed by atoms with Crippen LogP contribution in [0.1, 0.15) is 42.1 Å². The van der Waals surface area contributed by atoms with Crippen molar-refractivity contribution in [3.63, 3.8) is 0 Å². The Morgan fingerprint density at radius 1 is 0.952 bits per heavy atom. The number of ketones is 1. The fraction of sp³-hybridized carbons (Fsp3) is 0.316. The molecule has 0 heterocycles. The molecule has 0 saturated carbocycles. The molecule has 2 nitrogen and oxygen atoms in total. The van der Waals surface area contributed by atoms with Crippen molar-refractivity contribution in [1.82, 2.24) is 0 Å². The van der Waals surface area contributed by atoms with Gasteiger partial charge in [0, 0.05) is 12.0 Å². The Labute approximate surface area is 126 Å². The second-order valence-corrected chi connectivity index (χ2v) is 5.09. The van der Waals surface area contributed by atoms with Gasteiger partial charge in [0.1, 0.15) is 5.75 Å². The second-order valence-electron chi connectivity index (χ2n) is 5.09. The molecule has 2 aromatic rings. The first-order chi connectivity index (χ1) is 10.3. The minimum atomic E-state index is 0.171. The number of hydrogen-bond donors (Lipinski definition) is 0. The summed E-state index contributed by atoms with van der Waals surface area (Å²) in [5.41, 5.74) is 2.13. The molecule has 2 aromatic carbocycles. The van der Waals surface area contributed by atoms with Crippen molar-refractivity contribution in [3.05, 3.63) is 65.7 Å². The van der Waals surface area contributed by atoms with E-state index in [-0.39, 0.29) is 5.78 Å². The Bertz CT molecular complexity index is 544. The van der Waals surface area contributed by atoms with E-state index in [1.807, 2.05) is 37.3 Å². The van der Waals surface area contributed by atoms with Gasteiger partial charge in [0.15, 0.2) is 5.78 Å². The van der Waals surface area contributed by atoms with Crippen molar-refractivity contribution in [2.24, 2.45) is 0 Å². The Hall–Kier alpha value is -2.09. The number of hydrogen-bond acceptors (Lipinski definition) is 2. The fourth-order valence-electron chi connectivity index (χ4n) is 2.21. The predicted octanol–water partition coefficient (Wildman–Crippen LogP) is 4.68. The van der Waals surface area contributed by atoms with E-state index >= 15 is 0 Å². The molecule has 0 aromatic heterocycles. The molecule has 2 rings (SSSR count). The number of carbonyl (C=O) groups excluding carboxylic acids is 1. The van der Waals surface area contributed by atoms with Gasteiger partial charge >= 0.3 is 0 Å². The van der Waals surface area contributed by atoms with E-state index in [1.165, 1.54) is 5.56 Å². The van der Waals surface area contributed by atoms with Crippen LogP contribution in [0, 0.1) is 0 Å². The Morgan fingerprint density at radius 3 is 2.33 bits per heavy atom. The van der Waals surface area contributed by atoms with Crippen LogP contribution in [0.5, 0.6) is 5.75 Å². The first kappa shape index (κ1) is 15.3. The van der Waals surface area contributed by atoms with Gasteiger partial charge in [-0.05, 0) is 49.1 Å². The lowest BCUT2D eigenvalue weighted by Crippen LogP contribution is -2.00. The highest BCUT2D eigenvalue weighted by Crippen LogP contribution is 2.14. The van der Waals surface area contributed by atoms with Crippen molar-refractivity contribution in [2.75, 3.05) is 6.61 Å². The zero-order chi connectivity index (χ0) is 14.9. The van der Waals surface area contributed by atoms with Crippen LogP contribution in [-0.4, -0.2) is 12.4 Å². The molecular formula is C19H22O2. The molecule has 0 atom stereocenters. The molecule has 110 valence electrons. The normalized spacial score (nSPS) is 10.3. The summed E-state index contributed by atoms with van der Waals surface area (Å²) in [7, 11) is 0. The Kier molecular flexibility index (Phi) is 6.01. The monoisotopic (exact) mass is 282 g/mol. The van der Waals surface area contributed by atoms with Gasteiger partial charge in [0.05, 0.1) is 6.61 Å². The van der Waals surface area contributed by atoms with Gasteiger partial charge in [-0.15, -0.1) is 0 Å². The Morgan fingerprint density at radius 2 is 1.67 bits per heavy atom. The van der Waals surface area contributed by atoms with Gasteiger partial charge in [-0.2, -0.15) is 0 Å². The lowest BCUT2D eigenvalue weighted by atomic mass is 10.1. The minimum Gasteiger partial charge on any atom is -0.494 e. The number of benzene rings is 2. The van der Waals surface area contributed by atoms with Gasteiger partial charge < -0.3 is 4.74 Å². The van der Waals surface area contributed by atoms with Gasteiger partial charge in [-0.3, -0.25) is 4.79 Å². The average molecular weight is 282 g/mol. The summed E-state index contributed by atoms with van der Waals surface area (Å²) >= 11 is 0. The summed E-state index contributed by atoms with van der Waals surface area (Å²) in [5, 5.41) is 0. The van der Waals surface area contributed by atoms with Crippen LogP contribution in [0.3, 0.4) is 0 Å². The quantitative estimate of drug-likeness (QED) is 0.519. The number of Topliss-reactive ketones (excluding diaryl/α,β-unsaturated/α-hetero) is 1. The van der Waals surface area contributed by atoms with Gasteiger partial charge in [-0.1, -0.05) is 37.3 Å². The maximum atomic E-state index is 11.5. The van der Waals surface area contributed by atoms with Gasteiger partial charge in [0.2, 0.25) is 0 Å². The third-order valence-electron chi connectivity index (χ3n) is 3.47. The number of aryl methyl sites for hydroxylation is 1. The van der Waals surface area contributed by atoms with Crippen molar-refractivity contribution in [2.45, 2.75) is 32.6 Å². The van der Waals surface area contributed by atoms with Crippen LogP contribution in [0.2, 0.25) is 0 Å². The third kappa shape index (κ3) is 5.07. The summed E-state index contributed by atoms with van der Waals surface area (Å²) in [4.78, 5) is 11.5. The van der Waals surface area contributed by atoms with E-state index in [1.54, 1.807) is 0 Å². The highest BCUT2D eigenvalue weighted by atomic mass is 16.5. The van der Waals surface area contributed by atoms with Crippen LogP contribution in [0.4, 0.5) is 0 Å². The van der Waals surface area contributed by atoms with Crippen molar-refractivity contribution >= 4 is 5.78 Å². The molecule has 2 heteroatoms. The van der Waals surface area contributed by atoms with E-state index in [4.69, 9.17) is 4.74 Å².